The van der Waals surface area contributed by atoms with Crippen molar-refractivity contribution in [2.75, 3.05) is 6.61 Å². The fourth-order valence-electron chi connectivity index (χ4n) is 0.871. The lowest BCUT2D eigenvalue weighted by Gasteiger charge is -2.09. The molecule has 0 aromatic rings. The molecule has 1 heterocycles. The van der Waals surface area contributed by atoms with Crippen LogP contribution < -0.4 is 11.1 Å². The van der Waals surface area contributed by atoms with Crippen molar-refractivity contribution in [1.29, 1.82) is 0 Å². The van der Waals surface area contributed by atoms with Crippen molar-refractivity contribution >= 4 is 6.09 Å². The quantitative estimate of drug-likeness (QED) is 0.575. The number of rotatable bonds is 1. The minimum atomic E-state index is -0.411. The minimum absolute atomic E-state index is 0.138. The predicted octanol–water partition coefficient (Wildman–Crippen LogP) is 0.347. The molecule has 0 saturated carbocycles. The number of alkyl carbamates (subject to hydrolysis) is 1. The fraction of sp³-hybridized carbons (Fsp3) is 0.571. The van der Waals surface area contributed by atoms with E-state index in [1.807, 2.05) is 13.0 Å². The highest BCUT2D eigenvalue weighted by Crippen LogP contribution is 2.02. The van der Waals surface area contributed by atoms with E-state index in [4.69, 9.17) is 10.5 Å². The van der Waals surface area contributed by atoms with E-state index >= 15 is 0 Å². The number of carbonyl (C=O) groups excluding carboxylic acids is 1. The van der Waals surface area contributed by atoms with E-state index in [0.717, 1.165) is 12.1 Å². The normalized spacial score (nSPS) is 20.9. The van der Waals surface area contributed by atoms with E-state index in [0.29, 0.717) is 6.61 Å². The molecule has 0 radical (unpaired) electrons. The van der Waals surface area contributed by atoms with Crippen LogP contribution in [0.25, 0.3) is 0 Å². The van der Waals surface area contributed by atoms with Crippen LogP contribution in [-0.4, -0.2) is 18.7 Å². The zero-order valence-electron chi connectivity index (χ0n) is 6.46. The molecule has 4 nitrogen and oxygen atoms in total. The van der Waals surface area contributed by atoms with Crippen LogP contribution in [0.15, 0.2) is 11.8 Å². The fourth-order valence-corrected chi connectivity index (χ4v) is 0.871. The SMILES string of the molecule is CC(N)C1=CCCOC(=O)N1. The molecule has 0 spiro atoms. The van der Waals surface area contributed by atoms with Crippen LogP contribution in [0.1, 0.15) is 13.3 Å². The first-order chi connectivity index (χ1) is 5.20. The summed E-state index contributed by atoms with van der Waals surface area (Å²) < 4.78 is 4.73. The van der Waals surface area contributed by atoms with Crippen molar-refractivity contribution in [1.82, 2.24) is 5.32 Å². The van der Waals surface area contributed by atoms with Crippen LogP contribution in [0.2, 0.25) is 0 Å². The first-order valence-corrected chi connectivity index (χ1v) is 3.59. The van der Waals surface area contributed by atoms with Gasteiger partial charge in [-0.1, -0.05) is 6.08 Å². The van der Waals surface area contributed by atoms with Gasteiger partial charge < -0.3 is 10.5 Å². The summed E-state index contributed by atoms with van der Waals surface area (Å²) in [6, 6.07) is -0.138. The first-order valence-electron chi connectivity index (χ1n) is 3.59. The van der Waals surface area contributed by atoms with Gasteiger partial charge >= 0.3 is 6.09 Å². The average Bonchev–Trinajstić information content (AvgIpc) is 2.13. The summed E-state index contributed by atoms with van der Waals surface area (Å²) >= 11 is 0. The summed E-state index contributed by atoms with van der Waals surface area (Å²) in [6.07, 6.45) is 2.21. The Hall–Kier alpha value is -1.03. The van der Waals surface area contributed by atoms with Gasteiger partial charge in [0.1, 0.15) is 0 Å². The third-order valence-corrected chi connectivity index (χ3v) is 1.45. The van der Waals surface area contributed by atoms with Gasteiger partial charge in [-0.05, 0) is 6.92 Å². The van der Waals surface area contributed by atoms with Crippen molar-refractivity contribution < 1.29 is 9.53 Å². The van der Waals surface area contributed by atoms with Crippen molar-refractivity contribution in [3.05, 3.63) is 11.8 Å². The van der Waals surface area contributed by atoms with Gasteiger partial charge in [0.2, 0.25) is 0 Å². The Morgan fingerprint density at radius 3 is 3.18 bits per heavy atom. The van der Waals surface area contributed by atoms with E-state index in [9.17, 15) is 4.79 Å². The number of ether oxygens (including phenoxy) is 1. The molecular weight excluding hydrogens is 144 g/mol. The van der Waals surface area contributed by atoms with E-state index in [1.165, 1.54) is 0 Å². The Balaban J connectivity index is 2.62. The molecule has 1 aliphatic rings. The number of nitrogens with two attached hydrogens (primary N) is 1. The van der Waals surface area contributed by atoms with Crippen LogP contribution >= 0.6 is 0 Å². The van der Waals surface area contributed by atoms with Gasteiger partial charge in [0.15, 0.2) is 0 Å². The minimum Gasteiger partial charge on any atom is -0.449 e. The lowest BCUT2D eigenvalue weighted by molar-refractivity contribution is 0.153. The van der Waals surface area contributed by atoms with Gasteiger partial charge in [-0.3, -0.25) is 5.32 Å². The lowest BCUT2D eigenvalue weighted by Crippen LogP contribution is -2.32. The topological polar surface area (TPSA) is 64.3 Å². The molecule has 4 heteroatoms. The van der Waals surface area contributed by atoms with Gasteiger partial charge in [-0.2, -0.15) is 0 Å². The maximum Gasteiger partial charge on any atom is 0.411 e. The molecule has 1 unspecified atom stereocenters. The van der Waals surface area contributed by atoms with Gasteiger partial charge in [0, 0.05) is 18.2 Å². The van der Waals surface area contributed by atoms with Crippen LogP contribution in [0.5, 0.6) is 0 Å². The van der Waals surface area contributed by atoms with E-state index < -0.39 is 6.09 Å². The second kappa shape index (κ2) is 3.39. The van der Waals surface area contributed by atoms with Crippen LogP contribution in [-0.2, 0) is 4.74 Å². The molecule has 1 aliphatic heterocycles. The summed E-state index contributed by atoms with van der Waals surface area (Å²) in [5.41, 5.74) is 6.30. The summed E-state index contributed by atoms with van der Waals surface area (Å²) in [4.78, 5) is 10.8. The van der Waals surface area contributed by atoms with Gasteiger partial charge in [-0.25, -0.2) is 4.79 Å². The number of carbonyl (C=O) groups is 1. The van der Waals surface area contributed by atoms with Gasteiger partial charge in [0.05, 0.1) is 6.61 Å². The molecule has 0 aromatic heterocycles. The van der Waals surface area contributed by atoms with Crippen LogP contribution in [0.3, 0.4) is 0 Å². The standard InChI is InChI=1S/C7H12N2O2/c1-5(8)6-3-2-4-11-7(10)9-6/h3,5H,2,4,8H2,1H3,(H,9,10). The molecule has 3 N–H and O–H groups in total. The van der Waals surface area contributed by atoms with E-state index in [-0.39, 0.29) is 6.04 Å². The highest BCUT2D eigenvalue weighted by Gasteiger charge is 2.11. The first kappa shape index (κ1) is 8.07. The second-order valence-corrected chi connectivity index (χ2v) is 2.50. The van der Waals surface area contributed by atoms with Crippen molar-refractivity contribution in [3.8, 4) is 0 Å². The Labute approximate surface area is 65.4 Å². The molecule has 0 aliphatic carbocycles. The van der Waals surface area contributed by atoms with E-state index in [1.54, 1.807) is 0 Å². The smallest absolute Gasteiger partial charge is 0.411 e. The predicted molar refractivity (Wildman–Crippen MR) is 40.8 cm³/mol. The number of hydrogen-bond donors (Lipinski definition) is 2. The Bertz CT molecular complexity index is 187. The Morgan fingerprint density at radius 1 is 1.82 bits per heavy atom. The molecule has 62 valence electrons. The highest BCUT2D eigenvalue weighted by molar-refractivity contribution is 5.70. The summed E-state index contributed by atoms with van der Waals surface area (Å²) in [5.74, 6) is 0. The zero-order chi connectivity index (χ0) is 8.27. The molecule has 0 bridgehead atoms. The maximum atomic E-state index is 10.8. The number of cyclic esters (lactones) is 1. The Kier molecular flexibility index (Phi) is 2.48. The number of hydrogen-bond acceptors (Lipinski definition) is 3. The summed E-state index contributed by atoms with van der Waals surface area (Å²) in [6.45, 7) is 2.25. The Morgan fingerprint density at radius 2 is 2.55 bits per heavy atom. The number of nitrogens with one attached hydrogen (secondary N) is 1. The van der Waals surface area contributed by atoms with Crippen LogP contribution in [0.4, 0.5) is 4.79 Å². The molecule has 1 atom stereocenters. The third kappa shape index (κ3) is 2.23. The summed E-state index contributed by atoms with van der Waals surface area (Å²) in [7, 11) is 0. The molecule has 0 fully saturated rings. The largest absolute Gasteiger partial charge is 0.449 e. The average molecular weight is 156 g/mol. The van der Waals surface area contributed by atoms with Crippen molar-refractivity contribution in [2.45, 2.75) is 19.4 Å². The van der Waals surface area contributed by atoms with Crippen LogP contribution in [0, 0.1) is 0 Å². The van der Waals surface area contributed by atoms with Gasteiger partial charge in [0.25, 0.3) is 0 Å². The summed E-state index contributed by atoms with van der Waals surface area (Å²) in [5, 5.41) is 2.55. The zero-order valence-corrected chi connectivity index (χ0v) is 6.46. The van der Waals surface area contributed by atoms with Crippen molar-refractivity contribution in [2.24, 2.45) is 5.73 Å². The van der Waals surface area contributed by atoms with Crippen molar-refractivity contribution in [3.63, 3.8) is 0 Å². The molecule has 0 saturated heterocycles. The lowest BCUT2D eigenvalue weighted by atomic mass is 10.2. The molecule has 1 amide bonds. The number of amides is 1. The molecule has 0 aromatic carbocycles. The molecule has 11 heavy (non-hydrogen) atoms. The molecule has 1 rings (SSSR count). The monoisotopic (exact) mass is 156 g/mol. The maximum absolute atomic E-state index is 10.8. The van der Waals surface area contributed by atoms with Gasteiger partial charge in [-0.15, -0.1) is 0 Å². The van der Waals surface area contributed by atoms with E-state index in [2.05, 4.69) is 5.32 Å². The second-order valence-electron chi connectivity index (χ2n) is 2.50. The molecular formula is C7H12N2O2. The highest BCUT2D eigenvalue weighted by atomic mass is 16.5. The third-order valence-electron chi connectivity index (χ3n) is 1.45.